The largest absolute Gasteiger partial charge is 0.507 e. The highest BCUT2D eigenvalue weighted by atomic mass is 16.3. The topological polar surface area (TPSA) is 73.1 Å². The van der Waals surface area contributed by atoms with Gasteiger partial charge in [0.25, 0.3) is 0 Å². The number of allylic oxidation sites excluding steroid dienone is 4. The first-order chi connectivity index (χ1) is 15.9. The third-order valence-electron chi connectivity index (χ3n) is 7.54. The van der Waals surface area contributed by atoms with Gasteiger partial charge in [-0.15, -0.1) is 0 Å². The van der Waals surface area contributed by atoms with Crippen molar-refractivity contribution >= 4 is 22.8 Å². The van der Waals surface area contributed by atoms with E-state index >= 15 is 0 Å². The zero-order chi connectivity index (χ0) is 23.7. The van der Waals surface area contributed by atoms with Crippen molar-refractivity contribution in [1.82, 2.24) is 0 Å². The van der Waals surface area contributed by atoms with Gasteiger partial charge in [0.1, 0.15) is 11.5 Å². The number of phenolic OH excluding ortho intramolecular Hbond substituents is 1. The number of aliphatic hydroxyl groups excluding tert-OH is 1. The van der Waals surface area contributed by atoms with Crippen LogP contribution in [0.25, 0.3) is 5.57 Å². The molecule has 176 valence electrons. The number of nitrogens with zero attached hydrogens (tertiary/aromatic N) is 2. The fourth-order valence-corrected chi connectivity index (χ4v) is 5.56. The Morgan fingerprint density at radius 1 is 1.06 bits per heavy atom. The second kappa shape index (κ2) is 9.58. The summed E-state index contributed by atoms with van der Waals surface area (Å²) in [6.45, 7) is 10.0. The molecule has 2 N–H and O–H groups in total. The molecule has 0 radical (unpaired) electrons. The molecule has 1 aliphatic heterocycles. The van der Waals surface area contributed by atoms with Crippen molar-refractivity contribution in [3.05, 3.63) is 51.9 Å². The van der Waals surface area contributed by atoms with Crippen LogP contribution in [0.2, 0.25) is 0 Å². The van der Waals surface area contributed by atoms with Crippen molar-refractivity contribution in [3.8, 4) is 5.75 Å². The molecular weight excluding hydrogens is 412 g/mol. The molecule has 5 heteroatoms. The molecule has 0 atom stereocenters. The molecule has 33 heavy (non-hydrogen) atoms. The molecule has 1 aromatic carbocycles. The van der Waals surface area contributed by atoms with Gasteiger partial charge in [0.05, 0.1) is 16.8 Å². The summed E-state index contributed by atoms with van der Waals surface area (Å²) >= 11 is 0. The molecule has 3 aliphatic rings. The van der Waals surface area contributed by atoms with Gasteiger partial charge >= 0.3 is 0 Å². The number of carbonyl (C=O) groups is 1. The predicted molar refractivity (Wildman–Crippen MR) is 135 cm³/mol. The molecule has 1 fully saturated rings. The highest BCUT2D eigenvalue weighted by Gasteiger charge is 2.40. The highest BCUT2D eigenvalue weighted by molar-refractivity contribution is 6.40. The molecule has 4 rings (SSSR count). The summed E-state index contributed by atoms with van der Waals surface area (Å²) in [6.07, 6.45) is 8.15. The minimum Gasteiger partial charge on any atom is -0.507 e. The molecule has 2 aliphatic carbocycles. The van der Waals surface area contributed by atoms with E-state index in [1.54, 1.807) is 12.1 Å². The summed E-state index contributed by atoms with van der Waals surface area (Å²) < 4.78 is 0. The number of hydrogen-bond donors (Lipinski definition) is 2. The summed E-state index contributed by atoms with van der Waals surface area (Å²) in [6, 6.07) is 5.41. The zero-order valence-electron chi connectivity index (χ0n) is 20.4. The van der Waals surface area contributed by atoms with Crippen molar-refractivity contribution in [3.63, 3.8) is 0 Å². The second-order valence-corrected chi connectivity index (χ2v) is 9.37. The summed E-state index contributed by atoms with van der Waals surface area (Å²) in [5.41, 5.74) is 5.45. The highest BCUT2D eigenvalue weighted by Crippen LogP contribution is 2.45. The monoisotopic (exact) mass is 448 g/mol. The zero-order valence-corrected chi connectivity index (χ0v) is 20.4. The Balaban J connectivity index is 1.60. The average Bonchev–Trinajstić information content (AvgIpc) is 3.44. The molecular formula is C28H36N2O3. The van der Waals surface area contributed by atoms with Crippen LogP contribution in [0.15, 0.2) is 51.4 Å². The van der Waals surface area contributed by atoms with Crippen LogP contribution in [0, 0.1) is 5.92 Å². The molecule has 1 saturated carbocycles. The fraction of sp³-hybridized carbons (Fsp3) is 0.500. The summed E-state index contributed by atoms with van der Waals surface area (Å²) in [4.78, 5) is 20.0. The fourth-order valence-electron chi connectivity index (χ4n) is 5.56. The van der Waals surface area contributed by atoms with Crippen molar-refractivity contribution in [2.24, 2.45) is 10.9 Å². The lowest BCUT2D eigenvalue weighted by Crippen LogP contribution is -2.26. The lowest BCUT2D eigenvalue weighted by atomic mass is 9.81. The van der Waals surface area contributed by atoms with Gasteiger partial charge in [-0.1, -0.05) is 39.5 Å². The number of rotatable bonds is 8. The maximum absolute atomic E-state index is 13.1. The number of aliphatic hydroxyl groups is 1. The number of phenols is 1. The molecule has 0 amide bonds. The van der Waals surface area contributed by atoms with Crippen LogP contribution < -0.4 is 4.90 Å². The number of anilines is 1. The van der Waals surface area contributed by atoms with E-state index < -0.39 is 0 Å². The van der Waals surface area contributed by atoms with Gasteiger partial charge in [0.15, 0.2) is 0 Å². The minimum atomic E-state index is -0.255. The smallest absolute Gasteiger partial charge is 0.203 e. The van der Waals surface area contributed by atoms with Crippen molar-refractivity contribution in [2.75, 3.05) is 18.0 Å². The van der Waals surface area contributed by atoms with Gasteiger partial charge in [-0.2, -0.15) is 0 Å². The van der Waals surface area contributed by atoms with Gasteiger partial charge in [-0.05, 0) is 62.3 Å². The molecule has 1 heterocycles. The van der Waals surface area contributed by atoms with E-state index in [2.05, 4.69) is 23.7 Å². The number of ketones is 1. The van der Waals surface area contributed by atoms with Crippen LogP contribution in [0.5, 0.6) is 5.75 Å². The molecule has 0 spiro atoms. The maximum atomic E-state index is 13.1. The molecule has 0 bridgehead atoms. The Kier molecular flexibility index (Phi) is 6.78. The first kappa shape index (κ1) is 23.3. The number of aliphatic imine (C=N–C) groups is 1. The van der Waals surface area contributed by atoms with Crippen LogP contribution in [-0.2, 0) is 4.79 Å². The molecule has 5 nitrogen and oxygen atoms in total. The average molecular weight is 449 g/mol. The standard InChI is InChI=1S/C28H36N2O3/c1-5-20-17(4)26(29-22(20)6-2)25-27(32)24(28(25)33)21-13-12-19(16-23(21)31)30(7-3)15-14-18-10-8-9-11-18/h12-13,16,18,31-32H,5-11,14-15H2,1-4H3. The van der Waals surface area contributed by atoms with E-state index in [4.69, 9.17) is 0 Å². The first-order valence-corrected chi connectivity index (χ1v) is 12.5. The van der Waals surface area contributed by atoms with E-state index in [9.17, 15) is 15.0 Å². The van der Waals surface area contributed by atoms with Crippen LogP contribution in [-0.4, -0.2) is 34.8 Å². The first-order valence-electron chi connectivity index (χ1n) is 12.5. The number of carbonyl (C=O) groups excluding carboxylic acids is 1. The van der Waals surface area contributed by atoms with E-state index in [0.717, 1.165) is 54.4 Å². The Bertz CT molecular complexity index is 1080. The maximum Gasteiger partial charge on any atom is 0.203 e. The normalized spacial score (nSPS) is 21.2. The third kappa shape index (κ3) is 4.14. The van der Waals surface area contributed by atoms with Gasteiger partial charge in [-0.3, -0.25) is 9.79 Å². The second-order valence-electron chi connectivity index (χ2n) is 9.37. The number of benzene rings is 1. The Morgan fingerprint density at radius 2 is 1.79 bits per heavy atom. The van der Waals surface area contributed by atoms with Gasteiger partial charge in [0, 0.05) is 36.1 Å². The number of aromatic hydroxyl groups is 1. The third-order valence-corrected chi connectivity index (χ3v) is 7.54. The van der Waals surface area contributed by atoms with E-state index in [1.165, 1.54) is 32.1 Å². The molecule has 0 unspecified atom stereocenters. The Morgan fingerprint density at radius 3 is 2.33 bits per heavy atom. The van der Waals surface area contributed by atoms with E-state index in [1.807, 2.05) is 19.9 Å². The van der Waals surface area contributed by atoms with Crippen LogP contribution in [0.1, 0.15) is 78.2 Å². The van der Waals surface area contributed by atoms with E-state index in [0.29, 0.717) is 11.3 Å². The Labute approximate surface area is 197 Å². The van der Waals surface area contributed by atoms with Gasteiger partial charge in [0.2, 0.25) is 5.78 Å². The summed E-state index contributed by atoms with van der Waals surface area (Å²) in [5.74, 6) is 0.513. The molecule has 1 aromatic rings. The minimum absolute atomic E-state index is 0.0245. The van der Waals surface area contributed by atoms with Crippen molar-refractivity contribution < 1.29 is 15.0 Å². The lowest BCUT2D eigenvalue weighted by molar-refractivity contribution is -0.111. The molecule has 0 saturated heterocycles. The number of Topliss-reactive ketones (excluding diaryl/α,β-unsaturated/α-hetero) is 1. The Hall–Kier alpha value is -2.82. The van der Waals surface area contributed by atoms with Crippen molar-refractivity contribution in [2.45, 2.75) is 72.6 Å². The summed E-state index contributed by atoms with van der Waals surface area (Å²) in [7, 11) is 0. The number of hydrogen-bond acceptors (Lipinski definition) is 5. The quantitative estimate of drug-likeness (QED) is 0.446. The van der Waals surface area contributed by atoms with Gasteiger partial charge in [-0.25, -0.2) is 0 Å². The van der Waals surface area contributed by atoms with Crippen LogP contribution >= 0.6 is 0 Å². The van der Waals surface area contributed by atoms with Crippen LogP contribution in [0.4, 0.5) is 5.69 Å². The molecule has 0 aromatic heterocycles. The SMILES string of the molecule is CCC1=NC(=C2C(=O)C(c3ccc(N(CC)CCC4CCCC4)cc3O)=C2O)C(C)=C1CC. The predicted octanol–water partition coefficient (Wildman–Crippen LogP) is 6.50. The summed E-state index contributed by atoms with van der Waals surface area (Å²) in [5, 5.41) is 21.6. The lowest BCUT2D eigenvalue weighted by Gasteiger charge is -2.27. The van der Waals surface area contributed by atoms with Crippen LogP contribution in [0.3, 0.4) is 0 Å². The van der Waals surface area contributed by atoms with Gasteiger partial charge < -0.3 is 15.1 Å². The van der Waals surface area contributed by atoms with Crippen molar-refractivity contribution in [1.29, 1.82) is 0 Å². The van der Waals surface area contributed by atoms with E-state index in [-0.39, 0.29) is 28.4 Å².